The number of aromatic nitrogens is 1. The van der Waals surface area contributed by atoms with E-state index in [4.69, 9.17) is 10.5 Å². The number of benzene rings is 1. The van der Waals surface area contributed by atoms with E-state index in [0.29, 0.717) is 30.2 Å². The Balaban J connectivity index is 1.53. The number of halogens is 1. The minimum absolute atomic E-state index is 0.299. The topological polar surface area (TPSA) is 72.5 Å². The molecule has 2 aromatic rings. The van der Waals surface area contributed by atoms with E-state index < -0.39 is 0 Å². The van der Waals surface area contributed by atoms with Crippen LogP contribution in [0.3, 0.4) is 0 Å². The quantitative estimate of drug-likeness (QED) is 0.652. The standard InChI is InChI=1S/C18H21FN4O/c19-14-6-8-16(9-7-14)24-17-10-5-13(11-21-17)12-22-18(20)23-15-3-1-2-4-15/h5-11,15H,1-4,12H2,(H3,20,22,23). The molecule has 0 amide bonds. The summed E-state index contributed by atoms with van der Waals surface area (Å²) in [5.41, 5.74) is 6.85. The Labute approximate surface area is 140 Å². The summed E-state index contributed by atoms with van der Waals surface area (Å²) in [5, 5.41) is 3.25. The van der Waals surface area contributed by atoms with E-state index in [9.17, 15) is 4.39 Å². The van der Waals surface area contributed by atoms with E-state index in [-0.39, 0.29) is 5.82 Å². The molecule has 1 saturated carbocycles. The van der Waals surface area contributed by atoms with Crippen LogP contribution in [0.15, 0.2) is 47.6 Å². The number of hydrogen-bond donors (Lipinski definition) is 2. The van der Waals surface area contributed by atoms with Gasteiger partial charge in [-0.15, -0.1) is 0 Å². The molecule has 0 aliphatic heterocycles. The first-order valence-electron chi connectivity index (χ1n) is 8.14. The molecule has 0 unspecified atom stereocenters. The zero-order valence-electron chi connectivity index (χ0n) is 13.4. The lowest BCUT2D eigenvalue weighted by Crippen LogP contribution is -2.38. The normalized spacial score (nSPS) is 15.5. The minimum atomic E-state index is -0.299. The summed E-state index contributed by atoms with van der Waals surface area (Å²) in [6.45, 7) is 0.468. The molecule has 3 N–H and O–H groups in total. The first-order valence-corrected chi connectivity index (χ1v) is 8.14. The van der Waals surface area contributed by atoms with Gasteiger partial charge in [-0.3, -0.25) is 0 Å². The lowest BCUT2D eigenvalue weighted by molar-refractivity contribution is 0.461. The van der Waals surface area contributed by atoms with Crippen LogP contribution in [0.5, 0.6) is 11.6 Å². The highest BCUT2D eigenvalue weighted by Gasteiger charge is 2.14. The molecule has 0 spiro atoms. The number of hydrogen-bond acceptors (Lipinski definition) is 3. The van der Waals surface area contributed by atoms with E-state index in [0.717, 1.165) is 18.4 Å². The van der Waals surface area contributed by atoms with Crippen molar-refractivity contribution < 1.29 is 9.13 Å². The largest absolute Gasteiger partial charge is 0.439 e. The van der Waals surface area contributed by atoms with Crippen LogP contribution in [0.25, 0.3) is 0 Å². The van der Waals surface area contributed by atoms with Crippen molar-refractivity contribution in [2.24, 2.45) is 10.7 Å². The van der Waals surface area contributed by atoms with Crippen molar-refractivity contribution in [1.29, 1.82) is 0 Å². The van der Waals surface area contributed by atoms with Gasteiger partial charge in [0, 0.05) is 18.3 Å². The molecule has 24 heavy (non-hydrogen) atoms. The molecular weight excluding hydrogens is 307 g/mol. The summed E-state index contributed by atoms with van der Waals surface area (Å²) in [6.07, 6.45) is 6.53. The van der Waals surface area contributed by atoms with Gasteiger partial charge in [0.15, 0.2) is 5.96 Å². The fourth-order valence-electron chi connectivity index (χ4n) is 2.69. The molecule has 1 aliphatic carbocycles. The average Bonchev–Trinajstić information content (AvgIpc) is 3.09. The summed E-state index contributed by atoms with van der Waals surface area (Å²) in [7, 11) is 0. The fraction of sp³-hybridized carbons (Fsp3) is 0.333. The first kappa shape index (κ1) is 16.2. The SMILES string of the molecule is NC(=NCc1ccc(Oc2ccc(F)cc2)nc1)NC1CCCC1. The van der Waals surface area contributed by atoms with Gasteiger partial charge in [-0.25, -0.2) is 14.4 Å². The number of nitrogens with two attached hydrogens (primary N) is 1. The monoisotopic (exact) mass is 328 g/mol. The maximum absolute atomic E-state index is 12.9. The first-order chi connectivity index (χ1) is 11.7. The van der Waals surface area contributed by atoms with Gasteiger partial charge in [0.25, 0.3) is 0 Å². The van der Waals surface area contributed by atoms with Gasteiger partial charge in [-0.1, -0.05) is 18.9 Å². The maximum Gasteiger partial charge on any atom is 0.219 e. The number of pyridine rings is 1. The molecule has 126 valence electrons. The lowest BCUT2D eigenvalue weighted by atomic mass is 10.2. The van der Waals surface area contributed by atoms with Gasteiger partial charge < -0.3 is 15.8 Å². The third kappa shape index (κ3) is 4.68. The van der Waals surface area contributed by atoms with Crippen molar-refractivity contribution in [3.05, 3.63) is 54.0 Å². The molecule has 0 radical (unpaired) electrons. The number of rotatable bonds is 5. The second kappa shape index (κ2) is 7.77. The predicted molar refractivity (Wildman–Crippen MR) is 91.4 cm³/mol. The molecule has 5 nitrogen and oxygen atoms in total. The number of guanidine groups is 1. The summed E-state index contributed by atoms with van der Waals surface area (Å²) < 4.78 is 18.4. The average molecular weight is 328 g/mol. The number of ether oxygens (including phenoxy) is 1. The smallest absolute Gasteiger partial charge is 0.219 e. The Morgan fingerprint density at radius 2 is 1.96 bits per heavy atom. The van der Waals surface area contributed by atoms with Crippen LogP contribution < -0.4 is 15.8 Å². The molecule has 0 saturated heterocycles. The van der Waals surface area contributed by atoms with E-state index in [1.54, 1.807) is 24.4 Å². The van der Waals surface area contributed by atoms with Crippen molar-refractivity contribution in [1.82, 2.24) is 10.3 Å². The predicted octanol–water partition coefficient (Wildman–Crippen LogP) is 3.36. The molecule has 1 heterocycles. The Kier molecular flexibility index (Phi) is 5.25. The number of nitrogens with one attached hydrogen (secondary N) is 1. The highest BCUT2D eigenvalue weighted by Crippen LogP contribution is 2.20. The van der Waals surface area contributed by atoms with Crippen molar-refractivity contribution in [2.45, 2.75) is 38.3 Å². The van der Waals surface area contributed by atoms with Crippen LogP contribution in [0.1, 0.15) is 31.2 Å². The molecule has 0 bridgehead atoms. The van der Waals surface area contributed by atoms with Crippen LogP contribution >= 0.6 is 0 Å². The number of aliphatic imine (C=N–C) groups is 1. The molecule has 0 atom stereocenters. The Bertz CT molecular complexity index is 679. The van der Waals surface area contributed by atoms with E-state index in [1.807, 2.05) is 6.07 Å². The highest BCUT2D eigenvalue weighted by atomic mass is 19.1. The third-order valence-electron chi connectivity index (χ3n) is 3.97. The molecule has 1 aliphatic rings. The molecule has 3 rings (SSSR count). The van der Waals surface area contributed by atoms with Gasteiger partial charge in [0.1, 0.15) is 11.6 Å². The minimum Gasteiger partial charge on any atom is -0.439 e. The zero-order valence-corrected chi connectivity index (χ0v) is 13.4. The Morgan fingerprint density at radius 1 is 1.21 bits per heavy atom. The van der Waals surface area contributed by atoms with E-state index >= 15 is 0 Å². The molecule has 1 fully saturated rings. The molecule has 1 aromatic heterocycles. The van der Waals surface area contributed by atoms with Crippen molar-refractivity contribution in [3.63, 3.8) is 0 Å². The molecule has 1 aromatic carbocycles. The van der Waals surface area contributed by atoms with E-state index in [1.165, 1.54) is 25.0 Å². The lowest BCUT2D eigenvalue weighted by Gasteiger charge is -2.12. The van der Waals surface area contributed by atoms with Crippen LogP contribution in [0, 0.1) is 5.82 Å². The Morgan fingerprint density at radius 3 is 2.62 bits per heavy atom. The van der Waals surface area contributed by atoms with Crippen LogP contribution in [0.4, 0.5) is 4.39 Å². The van der Waals surface area contributed by atoms with Crippen LogP contribution in [0.2, 0.25) is 0 Å². The second-order valence-electron chi connectivity index (χ2n) is 5.89. The fourth-order valence-corrected chi connectivity index (χ4v) is 2.69. The third-order valence-corrected chi connectivity index (χ3v) is 3.97. The van der Waals surface area contributed by atoms with Crippen LogP contribution in [-0.4, -0.2) is 17.0 Å². The summed E-state index contributed by atoms with van der Waals surface area (Å²) in [5.74, 6) is 1.17. The Hall–Kier alpha value is -2.63. The molecule has 6 heteroatoms. The van der Waals surface area contributed by atoms with Crippen LogP contribution in [-0.2, 0) is 6.54 Å². The van der Waals surface area contributed by atoms with Gasteiger partial charge in [0.2, 0.25) is 5.88 Å². The number of nitrogens with zero attached hydrogens (tertiary/aromatic N) is 2. The van der Waals surface area contributed by atoms with Gasteiger partial charge in [-0.2, -0.15) is 0 Å². The highest BCUT2D eigenvalue weighted by molar-refractivity contribution is 5.78. The van der Waals surface area contributed by atoms with Crippen molar-refractivity contribution >= 4 is 5.96 Å². The van der Waals surface area contributed by atoms with Gasteiger partial charge in [-0.05, 0) is 42.7 Å². The molecular formula is C18H21FN4O. The van der Waals surface area contributed by atoms with Gasteiger partial charge in [0.05, 0.1) is 6.54 Å². The van der Waals surface area contributed by atoms with Gasteiger partial charge >= 0.3 is 0 Å². The van der Waals surface area contributed by atoms with Crippen molar-refractivity contribution in [3.8, 4) is 11.6 Å². The summed E-state index contributed by atoms with van der Waals surface area (Å²) in [4.78, 5) is 8.57. The second-order valence-corrected chi connectivity index (χ2v) is 5.89. The summed E-state index contributed by atoms with van der Waals surface area (Å²) in [6, 6.07) is 9.91. The van der Waals surface area contributed by atoms with Crippen molar-refractivity contribution in [2.75, 3.05) is 0 Å². The summed E-state index contributed by atoms with van der Waals surface area (Å²) >= 11 is 0. The maximum atomic E-state index is 12.9. The van der Waals surface area contributed by atoms with E-state index in [2.05, 4.69) is 15.3 Å². The zero-order chi connectivity index (χ0) is 16.8.